The van der Waals surface area contributed by atoms with Gasteiger partial charge in [0.2, 0.25) is 0 Å². The summed E-state index contributed by atoms with van der Waals surface area (Å²) in [6.45, 7) is 9.58. The molecule has 0 radical (unpaired) electrons. The molecule has 7 heteroatoms. The van der Waals surface area contributed by atoms with E-state index in [0.717, 1.165) is 10.4 Å². The maximum absolute atomic E-state index is 12.2. The lowest BCUT2D eigenvalue weighted by atomic mass is 9.77. The number of rotatable bonds is 1. The Kier molecular flexibility index (Phi) is 3.36. The zero-order valence-corrected chi connectivity index (χ0v) is 13.9. The fraction of sp³-hybridized carbons (Fsp3) is 0.500. The summed E-state index contributed by atoms with van der Waals surface area (Å²) >= 11 is 0. The Morgan fingerprint density at radius 1 is 1.22 bits per heavy atom. The first-order valence-corrected chi connectivity index (χ1v) is 7.61. The molecule has 1 aromatic rings. The van der Waals surface area contributed by atoms with Gasteiger partial charge in [0.1, 0.15) is 0 Å². The molecule has 1 saturated heterocycles. The fourth-order valence-corrected chi connectivity index (χ4v) is 2.94. The molecule has 0 aliphatic carbocycles. The van der Waals surface area contributed by atoms with Crippen LogP contribution in [-0.4, -0.2) is 40.3 Å². The maximum Gasteiger partial charge on any atom is 0.494 e. The van der Waals surface area contributed by atoms with E-state index in [2.05, 4.69) is 0 Å². The summed E-state index contributed by atoms with van der Waals surface area (Å²) in [6.07, 6.45) is -1.24. The van der Waals surface area contributed by atoms with Crippen LogP contribution in [0.1, 0.15) is 56.6 Å². The van der Waals surface area contributed by atoms with E-state index in [-0.39, 0.29) is 0 Å². The lowest BCUT2D eigenvalue weighted by Crippen LogP contribution is -2.41. The first-order chi connectivity index (χ1) is 10.5. The Balaban J connectivity index is 1.96. The molecule has 1 aromatic carbocycles. The summed E-state index contributed by atoms with van der Waals surface area (Å²) in [5.41, 5.74) is 0.982. The first-order valence-electron chi connectivity index (χ1n) is 7.61. The van der Waals surface area contributed by atoms with Gasteiger partial charge in [0, 0.05) is 5.56 Å². The molecule has 2 aliphatic heterocycles. The van der Waals surface area contributed by atoms with Crippen LogP contribution in [0.5, 0.6) is 0 Å². The molecule has 6 nitrogen and oxygen atoms in total. The van der Waals surface area contributed by atoms with E-state index in [1.54, 1.807) is 19.1 Å². The SMILES string of the molecule is C[C@@H]1c2cc(B3OC(C)(C)C(C)(C)O3)ccc2C(=O)N1C(=O)O. The smallest absolute Gasteiger partial charge is 0.465 e. The van der Waals surface area contributed by atoms with Gasteiger partial charge < -0.3 is 14.4 Å². The average Bonchev–Trinajstić information content (AvgIpc) is 2.81. The first kappa shape index (κ1) is 16.0. The Hall–Kier alpha value is -1.86. The molecule has 2 amide bonds. The molecule has 1 N–H and O–H groups in total. The van der Waals surface area contributed by atoms with Gasteiger partial charge in [-0.15, -0.1) is 0 Å². The number of nitrogens with zero attached hydrogens (tertiary/aromatic N) is 1. The molecule has 0 unspecified atom stereocenters. The van der Waals surface area contributed by atoms with Crippen molar-refractivity contribution in [1.29, 1.82) is 0 Å². The van der Waals surface area contributed by atoms with E-state index in [9.17, 15) is 14.7 Å². The minimum atomic E-state index is -1.24. The molecule has 122 valence electrons. The number of hydrogen-bond donors (Lipinski definition) is 1. The van der Waals surface area contributed by atoms with E-state index in [1.807, 2.05) is 33.8 Å². The van der Waals surface area contributed by atoms with Crippen molar-refractivity contribution >= 4 is 24.6 Å². The number of carboxylic acid groups (broad SMARTS) is 1. The number of amides is 2. The van der Waals surface area contributed by atoms with Crippen LogP contribution >= 0.6 is 0 Å². The van der Waals surface area contributed by atoms with Crippen LogP contribution in [0.15, 0.2) is 18.2 Å². The summed E-state index contributed by atoms with van der Waals surface area (Å²) in [5, 5.41) is 9.20. The monoisotopic (exact) mass is 317 g/mol. The Morgan fingerprint density at radius 3 is 2.30 bits per heavy atom. The van der Waals surface area contributed by atoms with Gasteiger partial charge in [-0.25, -0.2) is 9.69 Å². The largest absolute Gasteiger partial charge is 0.494 e. The highest BCUT2D eigenvalue weighted by Gasteiger charge is 2.52. The zero-order valence-electron chi connectivity index (χ0n) is 13.9. The molecule has 0 spiro atoms. The molecular formula is C16H20BNO5. The van der Waals surface area contributed by atoms with Gasteiger partial charge in [-0.05, 0) is 51.7 Å². The summed E-state index contributed by atoms with van der Waals surface area (Å²) in [4.78, 5) is 24.3. The normalized spacial score (nSPS) is 24.9. The number of fused-ring (bicyclic) bond motifs is 1. The number of benzene rings is 1. The van der Waals surface area contributed by atoms with E-state index in [1.165, 1.54) is 0 Å². The van der Waals surface area contributed by atoms with Crippen LogP contribution < -0.4 is 5.46 Å². The van der Waals surface area contributed by atoms with Crippen LogP contribution in [0.4, 0.5) is 4.79 Å². The highest BCUT2D eigenvalue weighted by atomic mass is 16.7. The van der Waals surface area contributed by atoms with Gasteiger partial charge in [0.05, 0.1) is 17.2 Å². The van der Waals surface area contributed by atoms with Crippen LogP contribution in [-0.2, 0) is 9.31 Å². The highest BCUT2D eigenvalue weighted by molar-refractivity contribution is 6.62. The second-order valence-corrected chi connectivity index (χ2v) is 7.07. The van der Waals surface area contributed by atoms with Crippen molar-refractivity contribution < 1.29 is 24.0 Å². The van der Waals surface area contributed by atoms with Crippen molar-refractivity contribution in [2.45, 2.75) is 51.9 Å². The summed E-state index contributed by atoms with van der Waals surface area (Å²) in [6, 6.07) is 4.70. The Labute approximate surface area is 135 Å². The molecule has 1 atom stereocenters. The van der Waals surface area contributed by atoms with Gasteiger partial charge in [-0.2, -0.15) is 0 Å². The fourth-order valence-electron chi connectivity index (χ4n) is 2.94. The molecule has 23 heavy (non-hydrogen) atoms. The molecule has 2 heterocycles. The number of carbonyl (C=O) groups excluding carboxylic acids is 1. The van der Waals surface area contributed by atoms with Crippen molar-refractivity contribution in [3.05, 3.63) is 29.3 Å². The third kappa shape index (κ3) is 2.26. The van der Waals surface area contributed by atoms with Crippen molar-refractivity contribution in [1.82, 2.24) is 4.90 Å². The molecular weight excluding hydrogens is 297 g/mol. The van der Waals surface area contributed by atoms with Gasteiger partial charge in [-0.3, -0.25) is 4.79 Å². The van der Waals surface area contributed by atoms with Crippen molar-refractivity contribution in [3.63, 3.8) is 0 Å². The Bertz CT molecular complexity index is 684. The van der Waals surface area contributed by atoms with Crippen molar-refractivity contribution in [3.8, 4) is 0 Å². The average molecular weight is 317 g/mol. The van der Waals surface area contributed by atoms with Gasteiger partial charge in [-0.1, -0.05) is 12.1 Å². The summed E-state index contributed by atoms with van der Waals surface area (Å²) < 4.78 is 12.0. The van der Waals surface area contributed by atoms with E-state index >= 15 is 0 Å². The minimum absolute atomic E-state index is 0.417. The van der Waals surface area contributed by atoms with Crippen LogP contribution in [0, 0.1) is 0 Å². The van der Waals surface area contributed by atoms with Crippen LogP contribution in [0.2, 0.25) is 0 Å². The number of hydrogen-bond acceptors (Lipinski definition) is 4. The Morgan fingerprint density at radius 2 is 1.78 bits per heavy atom. The van der Waals surface area contributed by atoms with Crippen LogP contribution in [0.3, 0.4) is 0 Å². The molecule has 0 aromatic heterocycles. The summed E-state index contributed by atoms with van der Waals surface area (Å²) in [7, 11) is -0.536. The molecule has 1 fully saturated rings. The third-order valence-corrected chi connectivity index (χ3v) is 5.09. The quantitative estimate of drug-likeness (QED) is 0.804. The van der Waals surface area contributed by atoms with Crippen LogP contribution in [0.25, 0.3) is 0 Å². The van der Waals surface area contributed by atoms with Crippen molar-refractivity contribution in [2.24, 2.45) is 0 Å². The van der Waals surface area contributed by atoms with E-state index in [4.69, 9.17) is 9.31 Å². The molecule has 2 aliphatic rings. The predicted octanol–water partition coefficient (Wildman–Crippen LogP) is 2.18. The number of imide groups is 1. The van der Waals surface area contributed by atoms with Gasteiger partial charge >= 0.3 is 13.2 Å². The molecule has 0 saturated carbocycles. The minimum Gasteiger partial charge on any atom is -0.465 e. The zero-order chi connectivity index (χ0) is 17.2. The van der Waals surface area contributed by atoms with E-state index < -0.39 is 36.4 Å². The topological polar surface area (TPSA) is 76.1 Å². The lowest BCUT2D eigenvalue weighted by molar-refractivity contribution is 0.00578. The molecule has 0 bridgehead atoms. The van der Waals surface area contributed by atoms with Gasteiger partial charge in [0.25, 0.3) is 5.91 Å². The lowest BCUT2D eigenvalue weighted by Gasteiger charge is -2.32. The molecule has 3 rings (SSSR count). The maximum atomic E-state index is 12.2. The van der Waals surface area contributed by atoms with Gasteiger partial charge in [0.15, 0.2) is 0 Å². The third-order valence-electron chi connectivity index (χ3n) is 5.09. The van der Waals surface area contributed by atoms with Crippen molar-refractivity contribution in [2.75, 3.05) is 0 Å². The highest BCUT2D eigenvalue weighted by Crippen LogP contribution is 2.37. The second kappa shape index (κ2) is 4.82. The van der Waals surface area contributed by atoms with E-state index in [0.29, 0.717) is 11.1 Å². The predicted molar refractivity (Wildman–Crippen MR) is 84.8 cm³/mol. The number of carbonyl (C=O) groups is 2. The summed E-state index contributed by atoms with van der Waals surface area (Å²) in [5.74, 6) is -0.486. The second-order valence-electron chi connectivity index (χ2n) is 7.07. The standard InChI is InChI=1S/C16H20BNO5/c1-9-12-8-10(17-22-15(2,3)16(4,5)23-17)6-7-11(12)13(19)18(9)14(20)21/h6-9H,1-5H3,(H,20,21)/t9-/m1/s1.